The number of benzene rings is 1. The average molecular weight is 226 g/mol. The zero-order chi connectivity index (χ0) is 10.8. The lowest BCUT2D eigenvalue weighted by molar-refractivity contribution is -0.114. The van der Waals surface area contributed by atoms with E-state index < -0.39 is 0 Å². The molecule has 4 heteroatoms. The van der Waals surface area contributed by atoms with Gasteiger partial charge < -0.3 is 10.1 Å². The van der Waals surface area contributed by atoms with E-state index in [4.69, 9.17) is 16.3 Å². The van der Waals surface area contributed by atoms with E-state index >= 15 is 0 Å². The Morgan fingerprint density at radius 1 is 1.53 bits per heavy atom. The van der Waals surface area contributed by atoms with Crippen molar-refractivity contribution >= 4 is 23.2 Å². The number of anilines is 1. The molecule has 15 heavy (non-hydrogen) atoms. The predicted molar refractivity (Wildman–Crippen MR) is 59.4 cm³/mol. The molecule has 0 unspecified atom stereocenters. The third kappa shape index (κ3) is 2.86. The van der Waals surface area contributed by atoms with Gasteiger partial charge in [0, 0.05) is 12.6 Å². The maximum absolute atomic E-state index is 10.8. The molecule has 1 N–H and O–H groups in total. The summed E-state index contributed by atoms with van der Waals surface area (Å²) >= 11 is 6.01. The molecule has 0 aromatic heterocycles. The van der Waals surface area contributed by atoms with Crippen molar-refractivity contribution in [1.29, 1.82) is 0 Å². The van der Waals surface area contributed by atoms with Crippen molar-refractivity contribution in [2.24, 2.45) is 0 Å². The number of amides is 1. The van der Waals surface area contributed by atoms with Crippen LogP contribution in [0.25, 0.3) is 0 Å². The van der Waals surface area contributed by atoms with Gasteiger partial charge in [0.25, 0.3) is 0 Å². The van der Waals surface area contributed by atoms with E-state index in [1.165, 1.54) is 6.92 Å². The second-order valence-corrected chi connectivity index (χ2v) is 4.05. The number of hydrogen-bond acceptors (Lipinski definition) is 2. The molecule has 80 valence electrons. The summed E-state index contributed by atoms with van der Waals surface area (Å²) in [7, 11) is 0. The Kier molecular flexibility index (Phi) is 2.82. The minimum Gasteiger partial charge on any atom is -0.489 e. The second-order valence-electron chi connectivity index (χ2n) is 3.64. The fourth-order valence-electron chi connectivity index (χ4n) is 1.24. The summed E-state index contributed by atoms with van der Waals surface area (Å²) in [6, 6.07) is 5.26. The summed E-state index contributed by atoms with van der Waals surface area (Å²) in [5, 5.41) is 3.20. The fraction of sp³-hybridized carbons (Fsp3) is 0.364. The molecular weight excluding hydrogens is 214 g/mol. The van der Waals surface area contributed by atoms with Gasteiger partial charge in [-0.25, -0.2) is 0 Å². The van der Waals surface area contributed by atoms with Crippen LogP contribution in [0.3, 0.4) is 0 Å². The first-order chi connectivity index (χ1) is 7.15. The number of nitrogens with one attached hydrogen (secondary N) is 1. The Morgan fingerprint density at radius 3 is 2.80 bits per heavy atom. The zero-order valence-electron chi connectivity index (χ0n) is 8.42. The fourth-order valence-corrected chi connectivity index (χ4v) is 1.47. The lowest BCUT2D eigenvalue weighted by atomic mass is 10.3. The van der Waals surface area contributed by atoms with Gasteiger partial charge in [0.1, 0.15) is 5.75 Å². The highest BCUT2D eigenvalue weighted by Gasteiger charge is 2.24. The lowest BCUT2D eigenvalue weighted by Crippen LogP contribution is -2.05. The van der Waals surface area contributed by atoms with E-state index in [1.807, 2.05) is 0 Å². The first kappa shape index (κ1) is 10.3. The number of halogens is 1. The highest BCUT2D eigenvalue weighted by molar-refractivity contribution is 6.32. The number of carbonyl (C=O) groups is 1. The van der Waals surface area contributed by atoms with Crippen molar-refractivity contribution in [2.45, 2.75) is 25.9 Å². The third-order valence-corrected chi connectivity index (χ3v) is 2.37. The summed E-state index contributed by atoms with van der Waals surface area (Å²) in [6.07, 6.45) is 2.53. The molecule has 0 atom stereocenters. The van der Waals surface area contributed by atoms with Crippen molar-refractivity contribution in [3.63, 3.8) is 0 Å². The Morgan fingerprint density at radius 2 is 2.27 bits per heavy atom. The van der Waals surface area contributed by atoms with Crippen molar-refractivity contribution in [2.75, 3.05) is 5.32 Å². The minimum atomic E-state index is -0.109. The summed E-state index contributed by atoms with van der Waals surface area (Å²) in [4.78, 5) is 10.8. The molecule has 0 bridgehead atoms. The van der Waals surface area contributed by atoms with Crippen molar-refractivity contribution in [3.05, 3.63) is 23.2 Å². The van der Waals surface area contributed by atoms with Crippen LogP contribution >= 0.6 is 11.6 Å². The lowest BCUT2D eigenvalue weighted by Gasteiger charge is -2.08. The molecular formula is C11H12ClNO2. The summed E-state index contributed by atoms with van der Waals surface area (Å²) < 4.78 is 5.57. The third-order valence-electron chi connectivity index (χ3n) is 2.07. The SMILES string of the molecule is CC(=O)Nc1ccc(OC2CC2)c(Cl)c1. The van der Waals surface area contributed by atoms with Gasteiger partial charge in [-0.1, -0.05) is 11.6 Å². The van der Waals surface area contributed by atoms with Gasteiger partial charge in [-0.3, -0.25) is 4.79 Å². The number of ether oxygens (including phenoxy) is 1. The number of hydrogen-bond donors (Lipinski definition) is 1. The molecule has 1 amide bonds. The molecule has 1 aliphatic carbocycles. The topological polar surface area (TPSA) is 38.3 Å². The average Bonchev–Trinajstić information content (AvgIpc) is 2.92. The molecule has 0 saturated heterocycles. The van der Waals surface area contributed by atoms with Gasteiger partial charge in [-0.15, -0.1) is 0 Å². The largest absolute Gasteiger partial charge is 0.489 e. The van der Waals surface area contributed by atoms with E-state index in [0.717, 1.165) is 12.8 Å². The molecule has 0 spiro atoms. The van der Waals surface area contributed by atoms with Crippen LogP contribution in [0.1, 0.15) is 19.8 Å². The predicted octanol–water partition coefficient (Wildman–Crippen LogP) is 2.84. The smallest absolute Gasteiger partial charge is 0.221 e. The molecule has 1 aliphatic rings. The first-order valence-electron chi connectivity index (χ1n) is 4.89. The van der Waals surface area contributed by atoms with E-state index in [0.29, 0.717) is 22.6 Å². The standard InChI is InChI=1S/C11H12ClNO2/c1-7(14)13-8-2-5-11(10(12)6-8)15-9-3-4-9/h2,5-6,9H,3-4H2,1H3,(H,13,14). The molecule has 0 aliphatic heterocycles. The van der Waals surface area contributed by atoms with Crippen LogP contribution in [-0.4, -0.2) is 12.0 Å². The molecule has 2 rings (SSSR count). The van der Waals surface area contributed by atoms with Crippen LogP contribution in [0.5, 0.6) is 5.75 Å². The maximum atomic E-state index is 10.8. The van der Waals surface area contributed by atoms with E-state index in [2.05, 4.69) is 5.32 Å². The van der Waals surface area contributed by atoms with Crippen LogP contribution in [0.4, 0.5) is 5.69 Å². The molecule has 1 aromatic carbocycles. The molecule has 1 saturated carbocycles. The number of carbonyl (C=O) groups excluding carboxylic acids is 1. The van der Waals surface area contributed by atoms with Crippen LogP contribution < -0.4 is 10.1 Å². The Bertz CT molecular complexity index is 388. The van der Waals surface area contributed by atoms with Crippen molar-refractivity contribution in [3.8, 4) is 5.75 Å². The van der Waals surface area contributed by atoms with Crippen LogP contribution in [0.2, 0.25) is 5.02 Å². The summed E-state index contributed by atoms with van der Waals surface area (Å²) in [5.41, 5.74) is 0.690. The van der Waals surface area contributed by atoms with Gasteiger partial charge in [0.15, 0.2) is 0 Å². The Balaban J connectivity index is 2.10. The Hall–Kier alpha value is -1.22. The van der Waals surface area contributed by atoms with Gasteiger partial charge in [0.2, 0.25) is 5.91 Å². The van der Waals surface area contributed by atoms with Crippen LogP contribution in [-0.2, 0) is 4.79 Å². The van der Waals surface area contributed by atoms with Gasteiger partial charge in [-0.05, 0) is 31.0 Å². The van der Waals surface area contributed by atoms with Crippen LogP contribution in [0.15, 0.2) is 18.2 Å². The van der Waals surface area contributed by atoms with Crippen molar-refractivity contribution < 1.29 is 9.53 Å². The highest BCUT2D eigenvalue weighted by Crippen LogP contribution is 2.33. The summed E-state index contributed by atoms with van der Waals surface area (Å²) in [6.45, 7) is 1.46. The second kappa shape index (κ2) is 4.11. The Labute approximate surface area is 93.4 Å². The minimum absolute atomic E-state index is 0.109. The van der Waals surface area contributed by atoms with Gasteiger partial charge >= 0.3 is 0 Å². The highest BCUT2D eigenvalue weighted by atomic mass is 35.5. The van der Waals surface area contributed by atoms with E-state index in [9.17, 15) is 4.79 Å². The van der Waals surface area contributed by atoms with Crippen LogP contribution in [0, 0.1) is 0 Å². The number of rotatable bonds is 3. The van der Waals surface area contributed by atoms with E-state index in [-0.39, 0.29) is 5.91 Å². The normalized spacial score (nSPS) is 14.8. The monoisotopic (exact) mass is 225 g/mol. The quantitative estimate of drug-likeness (QED) is 0.859. The van der Waals surface area contributed by atoms with Gasteiger partial charge in [0.05, 0.1) is 11.1 Å². The van der Waals surface area contributed by atoms with Gasteiger partial charge in [-0.2, -0.15) is 0 Å². The first-order valence-corrected chi connectivity index (χ1v) is 5.27. The molecule has 0 radical (unpaired) electrons. The molecule has 3 nitrogen and oxygen atoms in total. The molecule has 1 fully saturated rings. The molecule has 0 heterocycles. The summed E-state index contributed by atoms with van der Waals surface area (Å²) in [5.74, 6) is 0.579. The maximum Gasteiger partial charge on any atom is 0.221 e. The zero-order valence-corrected chi connectivity index (χ0v) is 9.17. The molecule has 1 aromatic rings. The van der Waals surface area contributed by atoms with Crippen molar-refractivity contribution in [1.82, 2.24) is 0 Å². The van der Waals surface area contributed by atoms with E-state index in [1.54, 1.807) is 18.2 Å².